The predicted molar refractivity (Wildman–Crippen MR) is 108 cm³/mol. The first kappa shape index (κ1) is 16.5. The normalized spacial score (nSPS) is 10.8. The van der Waals surface area contributed by atoms with Crippen molar-refractivity contribution in [1.82, 2.24) is 4.98 Å². The Kier molecular flexibility index (Phi) is 4.75. The van der Waals surface area contributed by atoms with Gasteiger partial charge in [0, 0.05) is 17.5 Å². The van der Waals surface area contributed by atoms with Gasteiger partial charge in [-0.25, -0.2) is 4.98 Å². The number of fused-ring (bicyclic) bond motifs is 1. The second-order valence-corrected chi connectivity index (χ2v) is 7.27. The van der Waals surface area contributed by atoms with Crippen molar-refractivity contribution in [1.29, 1.82) is 0 Å². The van der Waals surface area contributed by atoms with Gasteiger partial charge >= 0.3 is 0 Å². The molecule has 26 heavy (non-hydrogen) atoms. The Bertz CT molecular complexity index is 1030. The molecule has 1 heterocycles. The Morgan fingerprint density at radius 3 is 2.58 bits per heavy atom. The number of nitrogens with one attached hydrogen (secondary N) is 1. The number of carbonyl (C=O) groups is 1. The molecular formula is C22H18N2OS. The highest BCUT2D eigenvalue weighted by Gasteiger charge is 2.09. The van der Waals surface area contributed by atoms with Crippen molar-refractivity contribution in [3.8, 4) is 0 Å². The van der Waals surface area contributed by atoms with Crippen molar-refractivity contribution >= 4 is 33.1 Å². The van der Waals surface area contributed by atoms with Crippen LogP contribution in [0.4, 0.5) is 5.13 Å². The van der Waals surface area contributed by atoms with Gasteiger partial charge in [-0.05, 0) is 21.9 Å². The van der Waals surface area contributed by atoms with Crippen molar-refractivity contribution in [3.63, 3.8) is 0 Å². The van der Waals surface area contributed by atoms with Crippen LogP contribution in [0.5, 0.6) is 0 Å². The maximum absolute atomic E-state index is 12.2. The first-order valence-corrected chi connectivity index (χ1v) is 9.35. The van der Waals surface area contributed by atoms with Gasteiger partial charge in [0.15, 0.2) is 5.13 Å². The lowest BCUT2D eigenvalue weighted by Gasteiger charge is -2.04. The molecule has 0 aliphatic rings. The summed E-state index contributed by atoms with van der Waals surface area (Å²) in [5, 5.41) is 6.06. The third-order valence-electron chi connectivity index (χ3n) is 4.25. The number of hydrogen-bond acceptors (Lipinski definition) is 3. The number of hydrogen-bond donors (Lipinski definition) is 1. The number of aromatic nitrogens is 1. The molecule has 0 saturated carbocycles. The Hall–Kier alpha value is -2.98. The molecule has 128 valence electrons. The van der Waals surface area contributed by atoms with Crippen LogP contribution >= 0.6 is 11.3 Å². The number of rotatable bonds is 5. The summed E-state index contributed by atoms with van der Waals surface area (Å²) >= 11 is 1.53. The van der Waals surface area contributed by atoms with Gasteiger partial charge in [0.25, 0.3) is 0 Å². The van der Waals surface area contributed by atoms with E-state index in [9.17, 15) is 4.79 Å². The summed E-state index contributed by atoms with van der Waals surface area (Å²) in [4.78, 5) is 17.7. The zero-order chi connectivity index (χ0) is 17.8. The summed E-state index contributed by atoms with van der Waals surface area (Å²) in [6.07, 6.45) is 3.03. The van der Waals surface area contributed by atoms with Crippen LogP contribution < -0.4 is 5.32 Å². The van der Waals surface area contributed by atoms with Gasteiger partial charge in [-0.15, -0.1) is 11.3 Å². The van der Waals surface area contributed by atoms with E-state index in [0.717, 1.165) is 16.9 Å². The molecule has 0 aliphatic heterocycles. The summed E-state index contributed by atoms with van der Waals surface area (Å²) in [5.41, 5.74) is 2.27. The highest BCUT2D eigenvalue weighted by atomic mass is 32.1. The summed E-state index contributed by atoms with van der Waals surface area (Å²) in [6, 6.07) is 24.5. The highest BCUT2D eigenvalue weighted by molar-refractivity contribution is 7.15. The molecule has 4 aromatic rings. The van der Waals surface area contributed by atoms with E-state index in [1.165, 1.54) is 27.7 Å². The lowest BCUT2D eigenvalue weighted by atomic mass is 10.0. The van der Waals surface area contributed by atoms with E-state index >= 15 is 0 Å². The minimum Gasteiger partial charge on any atom is -0.302 e. The molecule has 4 rings (SSSR count). The Labute approximate surface area is 156 Å². The van der Waals surface area contributed by atoms with Gasteiger partial charge in [0.1, 0.15) is 0 Å². The predicted octanol–water partition coefficient (Wildman–Crippen LogP) is 5.07. The standard InChI is InChI=1S/C22H18N2OS/c25-21(13-16-7-2-1-3-8-16)24-22-23-15-19(26-22)14-18-11-6-10-17-9-4-5-12-20(17)18/h1-12,15H,13-14H2,(H,23,24,25). The Morgan fingerprint density at radius 2 is 1.69 bits per heavy atom. The summed E-state index contributed by atoms with van der Waals surface area (Å²) in [7, 11) is 0. The van der Waals surface area contributed by atoms with Crippen LogP contribution in [0.15, 0.2) is 79.0 Å². The second kappa shape index (κ2) is 7.50. The first-order chi connectivity index (χ1) is 12.8. The number of amides is 1. The lowest BCUT2D eigenvalue weighted by molar-refractivity contribution is -0.115. The van der Waals surface area contributed by atoms with E-state index in [-0.39, 0.29) is 5.91 Å². The van der Waals surface area contributed by atoms with Crippen molar-refractivity contribution in [3.05, 3.63) is 95.0 Å². The number of carbonyl (C=O) groups excluding carboxylic acids is 1. The lowest BCUT2D eigenvalue weighted by Crippen LogP contribution is -2.13. The van der Waals surface area contributed by atoms with Gasteiger partial charge in [0.2, 0.25) is 5.91 Å². The number of anilines is 1. The maximum Gasteiger partial charge on any atom is 0.230 e. The molecule has 1 aromatic heterocycles. The first-order valence-electron chi connectivity index (χ1n) is 8.53. The molecule has 1 N–H and O–H groups in total. The Morgan fingerprint density at radius 1 is 0.923 bits per heavy atom. The van der Waals surface area contributed by atoms with Crippen LogP contribution in [0.2, 0.25) is 0 Å². The largest absolute Gasteiger partial charge is 0.302 e. The third-order valence-corrected chi connectivity index (χ3v) is 5.16. The van der Waals surface area contributed by atoms with Gasteiger partial charge in [-0.1, -0.05) is 72.8 Å². The molecule has 0 bridgehead atoms. The fraction of sp³-hybridized carbons (Fsp3) is 0.0909. The smallest absolute Gasteiger partial charge is 0.230 e. The van der Waals surface area contributed by atoms with Crippen LogP contribution in [0.3, 0.4) is 0 Å². The van der Waals surface area contributed by atoms with E-state index in [1.54, 1.807) is 0 Å². The number of benzene rings is 3. The molecular weight excluding hydrogens is 340 g/mol. The highest BCUT2D eigenvalue weighted by Crippen LogP contribution is 2.25. The van der Waals surface area contributed by atoms with E-state index < -0.39 is 0 Å². The van der Waals surface area contributed by atoms with Crippen molar-refractivity contribution < 1.29 is 4.79 Å². The van der Waals surface area contributed by atoms with Crippen molar-refractivity contribution in [2.24, 2.45) is 0 Å². The minimum atomic E-state index is -0.0396. The monoisotopic (exact) mass is 358 g/mol. The molecule has 0 radical (unpaired) electrons. The quantitative estimate of drug-likeness (QED) is 0.541. The van der Waals surface area contributed by atoms with Crippen LogP contribution in [-0.4, -0.2) is 10.9 Å². The van der Waals surface area contributed by atoms with Crippen LogP contribution in [0.1, 0.15) is 16.0 Å². The summed E-state index contributed by atoms with van der Waals surface area (Å²) in [6.45, 7) is 0. The molecule has 4 heteroatoms. The van der Waals surface area contributed by atoms with Crippen LogP contribution in [-0.2, 0) is 17.6 Å². The molecule has 0 atom stereocenters. The molecule has 0 aliphatic carbocycles. The van der Waals surface area contributed by atoms with Gasteiger partial charge in [0.05, 0.1) is 6.42 Å². The van der Waals surface area contributed by atoms with Crippen molar-refractivity contribution in [2.75, 3.05) is 5.32 Å². The zero-order valence-corrected chi connectivity index (χ0v) is 15.0. The Balaban J connectivity index is 1.45. The molecule has 0 spiro atoms. The second-order valence-electron chi connectivity index (χ2n) is 6.16. The molecule has 0 unspecified atom stereocenters. The number of nitrogens with zero attached hydrogens (tertiary/aromatic N) is 1. The average Bonchev–Trinajstić information content (AvgIpc) is 3.09. The van der Waals surface area contributed by atoms with E-state index in [4.69, 9.17) is 0 Å². The van der Waals surface area contributed by atoms with Gasteiger partial charge in [-0.3, -0.25) is 4.79 Å². The topological polar surface area (TPSA) is 42.0 Å². The SMILES string of the molecule is O=C(Cc1ccccc1)Nc1ncc(Cc2cccc3ccccc23)s1. The van der Waals surface area contributed by atoms with Crippen LogP contribution in [0, 0.1) is 0 Å². The fourth-order valence-corrected chi connectivity index (χ4v) is 3.88. The fourth-order valence-electron chi connectivity index (χ4n) is 3.03. The van der Waals surface area contributed by atoms with Gasteiger partial charge in [-0.2, -0.15) is 0 Å². The molecule has 0 saturated heterocycles. The maximum atomic E-state index is 12.2. The van der Waals surface area contributed by atoms with E-state index in [0.29, 0.717) is 11.6 Å². The molecule has 3 aromatic carbocycles. The van der Waals surface area contributed by atoms with Gasteiger partial charge < -0.3 is 5.32 Å². The minimum absolute atomic E-state index is 0.0396. The van der Waals surface area contributed by atoms with E-state index in [2.05, 4.69) is 52.8 Å². The summed E-state index contributed by atoms with van der Waals surface area (Å²) < 4.78 is 0. The summed E-state index contributed by atoms with van der Waals surface area (Å²) in [5.74, 6) is -0.0396. The zero-order valence-electron chi connectivity index (χ0n) is 14.2. The molecule has 1 amide bonds. The van der Waals surface area contributed by atoms with Crippen LogP contribution in [0.25, 0.3) is 10.8 Å². The number of thiazole rings is 1. The molecule has 3 nitrogen and oxygen atoms in total. The molecule has 0 fully saturated rings. The average molecular weight is 358 g/mol. The third kappa shape index (κ3) is 3.81. The van der Waals surface area contributed by atoms with Crippen molar-refractivity contribution in [2.45, 2.75) is 12.8 Å². The van der Waals surface area contributed by atoms with E-state index in [1.807, 2.05) is 36.5 Å².